The van der Waals surface area contributed by atoms with E-state index in [2.05, 4.69) is 17.5 Å². The molecular weight excluding hydrogens is 407 g/mol. The highest BCUT2D eigenvalue weighted by Crippen LogP contribution is 2.43. The Morgan fingerprint density at radius 2 is 2.00 bits per heavy atom. The summed E-state index contributed by atoms with van der Waals surface area (Å²) in [5, 5.41) is 22.2. The van der Waals surface area contributed by atoms with Crippen LogP contribution in [0.3, 0.4) is 0 Å². The van der Waals surface area contributed by atoms with E-state index in [0.717, 1.165) is 24.0 Å². The van der Waals surface area contributed by atoms with Crippen molar-refractivity contribution in [3.05, 3.63) is 58.9 Å². The average molecular weight is 432 g/mol. The fraction of sp³-hybridized carbons (Fsp3) is 0.400. The summed E-state index contributed by atoms with van der Waals surface area (Å²) >= 11 is 0. The van der Waals surface area contributed by atoms with Gasteiger partial charge in [-0.05, 0) is 78.6 Å². The summed E-state index contributed by atoms with van der Waals surface area (Å²) < 4.78 is 20.9. The number of hydrogen-bond donors (Lipinski definition) is 2. The molecule has 2 atom stereocenters. The van der Waals surface area contributed by atoms with E-state index in [1.165, 1.54) is 6.07 Å². The minimum Gasteiger partial charge on any atom is -0.367 e. The highest BCUT2D eigenvalue weighted by Gasteiger charge is 2.46. The largest absolute Gasteiger partial charge is 0.367 e. The first-order valence-electron chi connectivity index (χ1n) is 10.9. The number of nitrogens with zero attached hydrogens (tertiary/aromatic N) is 2. The first kappa shape index (κ1) is 22.0. The number of benzene rings is 2. The van der Waals surface area contributed by atoms with E-state index in [-0.39, 0.29) is 13.0 Å². The Morgan fingerprint density at radius 3 is 2.66 bits per heavy atom. The van der Waals surface area contributed by atoms with Gasteiger partial charge in [-0.25, -0.2) is 4.39 Å². The number of amides is 1. The van der Waals surface area contributed by atoms with E-state index in [4.69, 9.17) is 10.5 Å². The first-order valence-corrected chi connectivity index (χ1v) is 10.9. The molecule has 164 valence electrons. The van der Waals surface area contributed by atoms with Crippen molar-refractivity contribution in [2.75, 3.05) is 19.7 Å². The maximum Gasteiger partial charge on any atom is 0.252 e. The van der Waals surface area contributed by atoms with Gasteiger partial charge in [-0.2, -0.15) is 10.5 Å². The Balaban J connectivity index is 1.61. The lowest BCUT2D eigenvalue weighted by Gasteiger charge is -2.33. The summed E-state index contributed by atoms with van der Waals surface area (Å²) in [7, 11) is 0. The molecule has 6 nitrogen and oxygen atoms in total. The van der Waals surface area contributed by atoms with Crippen molar-refractivity contribution < 1.29 is 13.9 Å². The monoisotopic (exact) mass is 432 g/mol. The van der Waals surface area contributed by atoms with Gasteiger partial charge in [-0.3, -0.25) is 4.79 Å². The van der Waals surface area contributed by atoms with Crippen molar-refractivity contribution in [2.24, 2.45) is 11.7 Å². The van der Waals surface area contributed by atoms with Crippen molar-refractivity contribution in [3.8, 4) is 23.3 Å². The number of carbonyl (C=O) groups excluding carboxylic acids is 1. The number of hydrogen-bond acceptors (Lipinski definition) is 5. The number of primary amides is 1. The molecular formula is C25H25FN4O2. The van der Waals surface area contributed by atoms with Crippen LogP contribution in [0.15, 0.2) is 36.4 Å². The first-order chi connectivity index (χ1) is 15.5. The zero-order valence-electron chi connectivity index (χ0n) is 17.7. The molecule has 1 unspecified atom stereocenters. The van der Waals surface area contributed by atoms with Gasteiger partial charge in [0.15, 0.2) is 5.60 Å². The minimum atomic E-state index is -1.50. The molecule has 1 aliphatic heterocycles. The summed E-state index contributed by atoms with van der Waals surface area (Å²) in [5.41, 5.74) is 7.68. The smallest absolute Gasteiger partial charge is 0.252 e. The molecule has 0 spiro atoms. The van der Waals surface area contributed by atoms with Crippen LogP contribution in [-0.4, -0.2) is 31.2 Å². The second kappa shape index (κ2) is 9.08. The number of nitrogens with one attached hydrogen (secondary N) is 1. The predicted octanol–water partition coefficient (Wildman–Crippen LogP) is 3.16. The molecule has 1 amide bonds. The Kier molecular flexibility index (Phi) is 6.23. The van der Waals surface area contributed by atoms with Crippen LogP contribution in [0.2, 0.25) is 0 Å². The summed E-state index contributed by atoms with van der Waals surface area (Å²) in [6.07, 6.45) is 2.84. The molecule has 32 heavy (non-hydrogen) atoms. The third-order valence-corrected chi connectivity index (χ3v) is 6.38. The molecule has 2 aliphatic rings. The van der Waals surface area contributed by atoms with E-state index < -0.39 is 23.2 Å². The highest BCUT2D eigenvalue weighted by molar-refractivity contribution is 5.85. The third-order valence-electron chi connectivity index (χ3n) is 6.38. The molecule has 2 fully saturated rings. The molecule has 0 aromatic heterocycles. The topological polar surface area (TPSA) is 112 Å². The van der Waals surface area contributed by atoms with Gasteiger partial charge in [0.05, 0.1) is 23.6 Å². The number of ether oxygens (including phenoxy) is 1. The fourth-order valence-electron chi connectivity index (χ4n) is 4.33. The van der Waals surface area contributed by atoms with Crippen molar-refractivity contribution >= 4 is 5.91 Å². The van der Waals surface area contributed by atoms with Crippen molar-refractivity contribution in [2.45, 2.75) is 37.2 Å². The fourth-order valence-corrected chi connectivity index (χ4v) is 4.33. The summed E-state index contributed by atoms with van der Waals surface area (Å²) in [4.78, 5) is 12.3. The van der Waals surface area contributed by atoms with Gasteiger partial charge in [-0.1, -0.05) is 18.2 Å². The number of nitrogens with two attached hydrogens (primary N) is 1. The minimum absolute atomic E-state index is 0.00786. The Bertz CT molecular complexity index is 1110. The molecule has 0 bridgehead atoms. The van der Waals surface area contributed by atoms with Crippen molar-refractivity contribution in [1.29, 1.82) is 10.5 Å². The zero-order chi connectivity index (χ0) is 22.7. The lowest BCUT2D eigenvalue weighted by molar-refractivity contribution is -0.147. The molecule has 3 N–H and O–H groups in total. The number of halogens is 1. The van der Waals surface area contributed by atoms with Crippen molar-refractivity contribution in [1.82, 2.24) is 5.32 Å². The second-order valence-corrected chi connectivity index (χ2v) is 8.51. The van der Waals surface area contributed by atoms with Gasteiger partial charge in [-0.15, -0.1) is 0 Å². The van der Waals surface area contributed by atoms with E-state index in [1.807, 2.05) is 12.1 Å². The van der Waals surface area contributed by atoms with E-state index in [0.29, 0.717) is 42.2 Å². The molecule has 2 aromatic rings. The quantitative estimate of drug-likeness (QED) is 0.728. The number of carbonyl (C=O) groups is 1. The van der Waals surface area contributed by atoms with Crippen LogP contribution in [0.5, 0.6) is 0 Å². The average Bonchev–Trinajstić information content (AvgIpc) is 3.65. The molecule has 0 radical (unpaired) electrons. The molecule has 4 rings (SSSR count). The lowest BCUT2D eigenvalue weighted by atomic mass is 9.82. The predicted molar refractivity (Wildman–Crippen MR) is 117 cm³/mol. The van der Waals surface area contributed by atoms with Crippen LogP contribution in [0, 0.1) is 34.4 Å². The second-order valence-electron chi connectivity index (χ2n) is 8.51. The summed E-state index contributed by atoms with van der Waals surface area (Å²) in [6, 6.07) is 14.8. The molecule has 2 aromatic carbocycles. The van der Waals surface area contributed by atoms with Gasteiger partial charge < -0.3 is 15.8 Å². The van der Waals surface area contributed by atoms with E-state index in [1.54, 1.807) is 18.2 Å². The Morgan fingerprint density at radius 1 is 1.25 bits per heavy atom. The maximum atomic E-state index is 15.1. The highest BCUT2D eigenvalue weighted by atomic mass is 19.1. The van der Waals surface area contributed by atoms with Gasteiger partial charge in [0.1, 0.15) is 5.82 Å². The van der Waals surface area contributed by atoms with Crippen LogP contribution in [0.4, 0.5) is 4.39 Å². The van der Waals surface area contributed by atoms with Crippen LogP contribution < -0.4 is 11.1 Å². The molecule has 1 saturated heterocycles. The molecule has 1 aliphatic carbocycles. The standard InChI is InChI=1S/C25H25FN4O2/c26-23-12-18(17-5-7-20(13-27)22(11-17)16-2-3-16)4-6-19(23)10-21(14-28)25(24(29)31)15-30-8-1-9-32-25/h4-7,11-12,16,21,30H,1-3,8-10,15H2,(H2,29,31)/t21-,25?/m0/s1. The molecule has 1 saturated carbocycles. The van der Waals surface area contributed by atoms with Gasteiger partial charge in [0.2, 0.25) is 0 Å². The zero-order valence-corrected chi connectivity index (χ0v) is 17.7. The lowest BCUT2D eigenvalue weighted by Crippen LogP contribution is -2.57. The van der Waals surface area contributed by atoms with Crippen molar-refractivity contribution in [3.63, 3.8) is 0 Å². The third kappa shape index (κ3) is 4.23. The molecule has 7 heteroatoms. The van der Waals surface area contributed by atoms with Crippen LogP contribution in [0.25, 0.3) is 11.1 Å². The normalized spacial score (nSPS) is 21.7. The summed E-state index contributed by atoms with van der Waals surface area (Å²) in [5.74, 6) is -1.70. The van der Waals surface area contributed by atoms with Crippen LogP contribution in [0.1, 0.15) is 41.9 Å². The SMILES string of the molecule is N#Cc1ccc(-c2ccc(C[C@@H](C#N)C3(C(N)=O)CNCCCO3)c(F)c2)cc1C1CC1. The summed E-state index contributed by atoms with van der Waals surface area (Å²) in [6.45, 7) is 1.08. The Hall–Kier alpha value is -3.26. The van der Waals surface area contributed by atoms with E-state index in [9.17, 15) is 15.3 Å². The molecule has 1 heterocycles. The van der Waals surface area contributed by atoms with Gasteiger partial charge in [0, 0.05) is 13.2 Å². The number of rotatable bonds is 6. The van der Waals surface area contributed by atoms with Gasteiger partial charge >= 0.3 is 0 Å². The van der Waals surface area contributed by atoms with Gasteiger partial charge in [0.25, 0.3) is 5.91 Å². The Labute approximate surface area is 186 Å². The van der Waals surface area contributed by atoms with E-state index >= 15 is 4.39 Å². The number of nitriles is 2. The van der Waals surface area contributed by atoms with Crippen LogP contribution >= 0.6 is 0 Å². The maximum absolute atomic E-state index is 15.1. The van der Waals surface area contributed by atoms with Crippen LogP contribution in [-0.2, 0) is 16.0 Å².